The Kier molecular flexibility index (Phi) is 2.55. The number of esters is 1. The van der Waals surface area contributed by atoms with Gasteiger partial charge in [-0.3, -0.25) is 0 Å². The van der Waals surface area contributed by atoms with Crippen molar-refractivity contribution in [3.63, 3.8) is 0 Å². The highest BCUT2D eigenvalue weighted by molar-refractivity contribution is 5.77. The molecule has 2 unspecified atom stereocenters. The summed E-state index contributed by atoms with van der Waals surface area (Å²) in [5, 5.41) is 9.01. The Morgan fingerprint density at radius 3 is 2.60 bits per heavy atom. The van der Waals surface area contributed by atoms with E-state index >= 15 is 0 Å². The summed E-state index contributed by atoms with van der Waals surface area (Å²) in [5.41, 5.74) is 0. The predicted octanol–water partition coefficient (Wildman–Crippen LogP) is 0.838. The standard InChI is InChI=1S/C10H9FO4/c11-6-1-3-7(4-2-6)14-8-5-9(12)15-10(8)13/h1-4,8-9,12H,5H2. The van der Waals surface area contributed by atoms with Crippen LogP contribution in [0.5, 0.6) is 5.75 Å². The molecule has 1 aliphatic heterocycles. The summed E-state index contributed by atoms with van der Waals surface area (Å²) < 4.78 is 22.3. The van der Waals surface area contributed by atoms with Crippen LogP contribution in [0.25, 0.3) is 0 Å². The molecule has 15 heavy (non-hydrogen) atoms. The second kappa shape index (κ2) is 3.86. The van der Waals surface area contributed by atoms with Crippen molar-refractivity contribution in [2.24, 2.45) is 0 Å². The van der Waals surface area contributed by atoms with Gasteiger partial charge in [0.05, 0.1) is 6.42 Å². The average molecular weight is 212 g/mol. The highest BCUT2D eigenvalue weighted by atomic mass is 19.1. The molecule has 0 saturated carbocycles. The normalized spacial score (nSPS) is 25.1. The lowest BCUT2D eigenvalue weighted by Crippen LogP contribution is -2.21. The Morgan fingerprint density at radius 2 is 2.07 bits per heavy atom. The highest BCUT2D eigenvalue weighted by Crippen LogP contribution is 2.20. The summed E-state index contributed by atoms with van der Waals surface area (Å²) in [7, 11) is 0. The number of aliphatic hydroxyl groups excluding tert-OH is 1. The van der Waals surface area contributed by atoms with Gasteiger partial charge in [-0.1, -0.05) is 0 Å². The van der Waals surface area contributed by atoms with Gasteiger partial charge in [0.1, 0.15) is 11.6 Å². The maximum absolute atomic E-state index is 12.6. The lowest BCUT2D eigenvalue weighted by molar-refractivity contribution is -0.156. The number of benzene rings is 1. The van der Waals surface area contributed by atoms with Crippen LogP contribution < -0.4 is 4.74 Å². The maximum Gasteiger partial charge on any atom is 0.349 e. The molecular weight excluding hydrogens is 203 g/mol. The fourth-order valence-electron chi connectivity index (χ4n) is 1.31. The van der Waals surface area contributed by atoms with Crippen LogP contribution in [0, 0.1) is 5.82 Å². The molecule has 1 aromatic carbocycles. The molecule has 2 rings (SSSR count). The summed E-state index contributed by atoms with van der Waals surface area (Å²) in [5.74, 6) is -0.615. The summed E-state index contributed by atoms with van der Waals surface area (Å²) in [6, 6.07) is 5.28. The van der Waals surface area contributed by atoms with Crippen LogP contribution >= 0.6 is 0 Å². The Morgan fingerprint density at radius 1 is 1.40 bits per heavy atom. The quantitative estimate of drug-likeness (QED) is 0.738. The largest absolute Gasteiger partial charge is 0.478 e. The summed E-state index contributed by atoms with van der Waals surface area (Å²) in [6.45, 7) is 0. The monoisotopic (exact) mass is 212 g/mol. The maximum atomic E-state index is 12.6. The number of rotatable bonds is 2. The van der Waals surface area contributed by atoms with Crippen molar-refractivity contribution < 1.29 is 23.8 Å². The number of carbonyl (C=O) groups excluding carboxylic acids is 1. The average Bonchev–Trinajstić information content (AvgIpc) is 2.49. The number of halogens is 1. The first-order chi connectivity index (χ1) is 7.15. The van der Waals surface area contributed by atoms with E-state index in [-0.39, 0.29) is 12.2 Å². The zero-order chi connectivity index (χ0) is 10.8. The van der Waals surface area contributed by atoms with Crippen molar-refractivity contribution in [2.45, 2.75) is 18.8 Å². The molecular formula is C10H9FO4. The van der Waals surface area contributed by atoms with Gasteiger partial charge >= 0.3 is 5.97 Å². The van der Waals surface area contributed by atoms with E-state index in [4.69, 9.17) is 9.84 Å². The van der Waals surface area contributed by atoms with Crippen LogP contribution in [0.4, 0.5) is 4.39 Å². The minimum absolute atomic E-state index is 0.0935. The third-order valence-electron chi connectivity index (χ3n) is 2.02. The minimum atomic E-state index is -1.11. The van der Waals surface area contributed by atoms with Gasteiger partial charge in [0.2, 0.25) is 12.4 Å². The van der Waals surface area contributed by atoms with Crippen molar-refractivity contribution >= 4 is 5.97 Å². The molecule has 0 aliphatic carbocycles. The summed E-state index contributed by atoms with van der Waals surface area (Å²) >= 11 is 0. The second-order valence-corrected chi connectivity index (χ2v) is 3.19. The van der Waals surface area contributed by atoms with E-state index in [0.29, 0.717) is 5.75 Å². The van der Waals surface area contributed by atoms with E-state index in [1.165, 1.54) is 24.3 Å². The van der Waals surface area contributed by atoms with E-state index in [1.807, 2.05) is 0 Å². The van der Waals surface area contributed by atoms with Crippen LogP contribution in [0.1, 0.15) is 6.42 Å². The predicted molar refractivity (Wildman–Crippen MR) is 47.5 cm³/mol. The fraction of sp³-hybridized carbons (Fsp3) is 0.300. The minimum Gasteiger partial charge on any atom is -0.478 e. The summed E-state index contributed by atoms with van der Waals surface area (Å²) in [4.78, 5) is 11.1. The van der Waals surface area contributed by atoms with Crippen LogP contribution in [0.3, 0.4) is 0 Å². The van der Waals surface area contributed by atoms with Crippen molar-refractivity contribution in [3.05, 3.63) is 30.1 Å². The Labute approximate surface area is 85.2 Å². The second-order valence-electron chi connectivity index (χ2n) is 3.19. The van der Waals surface area contributed by atoms with Crippen molar-refractivity contribution in [1.29, 1.82) is 0 Å². The molecule has 0 bridgehead atoms. The molecule has 1 heterocycles. The van der Waals surface area contributed by atoms with E-state index in [2.05, 4.69) is 4.74 Å². The molecule has 0 radical (unpaired) electrons. The molecule has 2 atom stereocenters. The Hall–Kier alpha value is -1.62. The van der Waals surface area contributed by atoms with Crippen LogP contribution in [0.2, 0.25) is 0 Å². The first-order valence-electron chi connectivity index (χ1n) is 4.46. The number of carbonyl (C=O) groups is 1. The van der Waals surface area contributed by atoms with Gasteiger partial charge in [-0.2, -0.15) is 0 Å². The number of ether oxygens (including phenoxy) is 2. The molecule has 1 N–H and O–H groups in total. The van der Waals surface area contributed by atoms with Crippen molar-refractivity contribution in [1.82, 2.24) is 0 Å². The molecule has 1 aliphatic rings. The molecule has 1 saturated heterocycles. The Bertz CT molecular complexity index is 362. The van der Waals surface area contributed by atoms with Crippen LogP contribution in [0.15, 0.2) is 24.3 Å². The number of hydrogen-bond donors (Lipinski definition) is 1. The van der Waals surface area contributed by atoms with E-state index in [9.17, 15) is 9.18 Å². The van der Waals surface area contributed by atoms with E-state index < -0.39 is 18.4 Å². The third kappa shape index (κ3) is 2.24. The number of cyclic esters (lactones) is 1. The zero-order valence-electron chi connectivity index (χ0n) is 7.72. The lowest BCUT2D eigenvalue weighted by Gasteiger charge is -2.08. The number of hydrogen-bond acceptors (Lipinski definition) is 4. The van der Waals surface area contributed by atoms with Crippen LogP contribution in [-0.4, -0.2) is 23.5 Å². The smallest absolute Gasteiger partial charge is 0.349 e. The third-order valence-corrected chi connectivity index (χ3v) is 2.02. The van der Waals surface area contributed by atoms with Gasteiger partial charge in [0, 0.05) is 0 Å². The first-order valence-corrected chi connectivity index (χ1v) is 4.46. The molecule has 1 aromatic rings. The topological polar surface area (TPSA) is 55.8 Å². The van der Waals surface area contributed by atoms with Gasteiger partial charge in [0.25, 0.3) is 0 Å². The molecule has 0 amide bonds. The molecule has 1 fully saturated rings. The lowest BCUT2D eigenvalue weighted by atomic mass is 10.3. The van der Waals surface area contributed by atoms with Gasteiger partial charge in [-0.05, 0) is 24.3 Å². The molecule has 80 valence electrons. The first kappa shape index (κ1) is 9.92. The van der Waals surface area contributed by atoms with Crippen LogP contribution in [-0.2, 0) is 9.53 Å². The molecule has 0 spiro atoms. The SMILES string of the molecule is O=C1OC(O)CC1Oc1ccc(F)cc1. The van der Waals surface area contributed by atoms with Crippen molar-refractivity contribution in [2.75, 3.05) is 0 Å². The van der Waals surface area contributed by atoms with Gasteiger partial charge in [-0.15, -0.1) is 0 Å². The van der Waals surface area contributed by atoms with Crippen molar-refractivity contribution in [3.8, 4) is 5.75 Å². The molecule has 5 heteroatoms. The van der Waals surface area contributed by atoms with Gasteiger partial charge < -0.3 is 14.6 Å². The Balaban J connectivity index is 2.03. The number of aliphatic hydroxyl groups is 1. The molecule has 4 nitrogen and oxygen atoms in total. The molecule has 0 aromatic heterocycles. The summed E-state index contributed by atoms with van der Waals surface area (Å²) in [6.07, 6.45) is -1.83. The van der Waals surface area contributed by atoms with Gasteiger partial charge in [-0.25, -0.2) is 9.18 Å². The van der Waals surface area contributed by atoms with E-state index in [0.717, 1.165) is 0 Å². The fourth-order valence-corrected chi connectivity index (χ4v) is 1.31. The van der Waals surface area contributed by atoms with Gasteiger partial charge in [0.15, 0.2) is 0 Å². The highest BCUT2D eigenvalue weighted by Gasteiger charge is 2.35. The van der Waals surface area contributed by atoms with E-state index in [1.54, 1.807) is 0 Å². The zero-order valence-corrected chi connectivity index (χ0v) is 7.72.